The van der Waals surface area contributed by atoms with Gasteiger partial charge in [-0.05, 0) is 43.7 Å². The monoisotopic (exact) mass is 368 g/mol. The molecule has 1 fully saturated rings. The molecule has 0 unspecified atom stereocenters. The minimum Gasteiger partial charge on any atom is -0.392 e. The summed E-state index contributed by atoms with van der Waals surface area (Å²) in [5.41, 5.74) is 4.36. The zero-order valence-electron chi connectivity index (χ0n) is 16.3. The van der Waals surface area contributed by atoms with E-state index in [2.05, 4.69) is 35.5 Å². The zero-order chi connectivity index (χ0) is 19.2. The summed E-state index contributed by atoms with van der Waals surface area (Å²) in [6.45, 7) is 5.34. The molecule has 0 radical (unpaired) electrons. The van der Waals surface area contributed by atoms with Gasteiger partial charge in [-0.15, -0.1) is 0 Å². The van der Waals surface area contributed by atoms with Gasteiger partial charge in [-0.25, -0.2) is 4.79 Å². The van der Waals surface area contributed by atoms with Gasteiger partial charge in [0.15, 0.2) is 0 Å². The Balaban J connectivity index is 1.48. The van der Waals surface area contributed by atoms with Gasteiger partial charge in [-0.3, -0.25) is 10.00 Å². The van der Waals surface area contributed by atoms with Crippen molar-refractivity contribution in [1.82, 2.24) is 14.7 Å². The summed E-state index contributed by atoms with van der Waals surface area (Å²) in [5, 5.41) is 18.2. The number of urea groups is 1. The van der Waals surface area contributed by atoms with Crippen LogP contribution in [0.1, 0.15) is 42.1 Å². The third kappa shape index (κ3) is 2.83. The van der Waals surface area contributed by atoms with Crippen molar-refractivity contribution < 1.29 is 9.90 Å². The van der Waals surface area contributed by atoms with Crippen LogP contribution in [0.3, 0.4) is 0 Å². The van der Waals surface area contributed by atoms with Gasteiger partial charge >= 0.3 is 6.03 Å². The van der Waals surface area contributed by atoms with Crippen LogP contribution in [0.25, 0.3) is 0 Å². The molecule has 0 saturated carbocycles. The Morgan fingerprint density at radius 2 is 2.04 bits per heavy atom. The van der Waals surface area contributed by atoms with E-state index in [-0.39, 0.29) is 17.6 Å². The number of aryl methyl sites for hydroxylation is 2. The second-order valence-electron chi connectivity index (χ2n) is 7.84. The highest BCUT2D eigenvalue weighted by Crippen LogP contribution is 2.46. The predicted octanol–water partition coefficient (Wildman–Crippen LogP) is 2.77. The summed E-state index contributed by atoms with van der Waals surface area (Å²) in [4.78, 5) is 14.7. The highest BCUT2D eigenvalue weighted by atomic mass is 16.3. The molecule has 1 spiro atoms. The number of hydrogen-bond acceptors (Lipinski definition) is 3. The Kier molecular flexibility index (Phi) is 4.46. The van der Waals surface area contributed by atoms with E-state index < -0.39 is 0 Å². The minimum absolute atomic E-state index is 0.0803. The Bertz CT molecular complexity index is 865. The standard InChI is InChI=1S/C21H28N4O2/c1-4-16-14(2)23-24(3)19(16)22-20(27)25-11-9-21(10-12-25)17-8-6-5-7-15(17)13-18(21)26/h5-8,18,26H,4,9-13H2,1-3H3,(H,22,27)/t18-/m1/s1. The molecule has 1 aliphatic heterocycles. The number of hydrogen-bond donors (Lipinski definition) is 2. The van der Waals surface area contributed by atoms with Gasteiger partial charge in [0.25, 0.3) is 0 Å². The van der Waals surface area contributed by atoms with Crippen molar-refractivity contribution in [3.8, 4) is 0 Å². The molecule has 2 aliphatic rings. The number of aliphatic hydroxyl groups excluding tert-OH is 1. The van der Waals surface area contributed by atoms with E-state index >= 15 is 0 Å². The van der Waals surface area contributed by atoms with E-state index in [4.69, 9.17) is 0 Å². The number of carbonyl (C=O) groups is 1. The molecule has 1 aromatic carbocycles. The van der Waals surface area contributed by atoms with Gasteiger partial charge < -0.3 is 10.0 Å². The fraction of sp³-hybridized carbons (Fsp3) is 0.524. The first-order valence-electron chi connectivity index (χ1n) is 9.81. The van der Waals surface area contributed by atoms with Crippen LogP contribution in [-0.4, -0.2) is 45.0 Å². The van der Waals surface area contributed by atoms with Crippen molar-refractivity contribution >= 4 is 11.8 Å². The minimum atomic E-state index is -0.355. The van der Waals surface area contributed by atoms with Gasteiger partial charge in [0.05, 0.1) is 11.8 Å². The van der Waals surface area contributed by atoms with Crippen LogP contribution in [0, 0.1) is 6.92 Å². The van der Waals surface area contributed by atoms with E-state index in [1.807, 2.05) is 24.9 Å². The Labute approximate surface area is 160 Å². The van der Waals surface area contributed by atoms with Crippen molar-refractivity contribution in [1.29, 1.82) is 0 Å². The number of piperidine rings is 1. The molecule has 1 atom stereocenters. The first-order valence-corrected chi connectivity index (χ1v) is 9.81. The number of nitrogens with one attached hydrogen (secondary N) is 1. The highest BCUT2D eigenvalue weighted by molar-refractivity contribution is 5.89. The normalized spacial score (nSPS) is 20.7. The van der Waals surface area contributed by atoms with Gasteiger partial charge in [-0.2, -0.15) is 5.10 Å². The van der Waals surface area contributed by atoms with Crippen molar-refractivity contribution in [2.75, 3.05) is 18.4 Å². The van der Waals surface area contributed by atoms with Crippen molar-refractivity contribution in [2.24, 2.45) is 7.05 Å². The van der Waals surface area contributed by atoms with Gasteiger partial charge in [0.1, 0.15) is 5.82 Å². The maximum absolute atomic E-state index is 12.8. The number of rotatable bonds is 2. The van der Waals surface area contributed by atoms with Crippen LogP contribution in [-0.2, 0) is 25.3 Å². The lowest BCUT2D eigenvalue weighted by Gasteiger charge is -2.42. The van der Waals surface area contributed by atoms with E-state index in [0.717, 1.165) is 42.8 Å². The first-order chi connectivity index (χ1) is 13.0. The highest BCUT2D eigenvalue weighted by Gasteiger charge is 2.48. The quantitative estimate of drug-likeness (QED) is 0.856. The van der Waals surface area contributed by atoms with Crippen molar-refractivity contribution in [3.05, 3.63) is 46.6 Å². The molecular formula is C21H28N4O2. The van der Waals surface area contributed by atoms with Gasteiger partial charge in [-0.1, -0.05) is 31.2 Å². The second-order valence-corrected chi connectivity index (χ2v) is 7.84. The number of anilines is 1. The molecule has 0 bridgehead atoms. The number of benzene rings is 1. The third-order valence-corrected chi connectivity index (χ3v) is 6.47. The molecule has 27 heavy (non-hydrogen) atoms. The topological polar surface area (TPSA) is 70.4 Å². The fourth-order valence-corrected chi connectivity index (χ4v) is 4.94. The number of nitrogens with zero attached hydrogens (tertiary/aromatic N) is 3. The number of amides is 2. The van der Waals surface area contributed by atoms with E-state index in [1.165, 1.54) is 11.1 Å². The summed E-state index contributed by atoms with van der Waals surface area (Å²) in [7, 11) is 1.86. The zero-order valence-corrected chi connectivity index (χ0v) is 16.3. The second kappa shape index (κ2) is 6.68. The number of fused-ring (bicyclic) bond motifs is 2. The Morgan fingerprint density at radius 3 is 2.74 bits per heavy atom. The number of aliphatic hydroxyl groups is 1. The van der Waals surface area contributed by atoms with Crippen LogP contribution < -0.4 is 5.32 Å². The van der Waals surface area contributed by atoms with E-state index in [1.54, 1.807) is 4.68 Å². The van der Waals surface area contributed by atoms with Crippen LogP contribution in [0.5, 0.6) is 0 Å². The molecule has 2 amide bonds. The lowest BCUT2D eigenvalue weighted by atomic mass is 9.72. The molecular weight excluding hydrogens is 340 g/mol. The van der Waals surface area contributed by atoms with Crippen LogP contribution in [0.4, 0.5) is 10.6 Å². The molecule has 2 aromatic rings. The van der Waals surface area contributed by atoms with Crippen molar-refractivity contribution in [2.45, 2.75) is 51.0 Å². The summed E-state index contributed by atoms with van der Waals surface area (Å²) < 4.78 is 1.74. The lowest BCUT2D eigenvalue weighted by Crippen LogP contribution is -2.50. The van der Waals surface area contributed by atoms with E-state index in [0.29, 0.717) is 13.1 Å². The summed E-state index contributed by atoms with van der Waals surface area (Å²) in [6, 6.07) is 8.27. The van der Waals surface area contributed by atoms with Crippen LogP contribution in [0.15, 0.2) is 24.3 Å². The number of likely N-dealkylation sites (tertiary alicyclic amines) is 1. The first kappa shape index (κ1) is 18.0. The summed E-state index contributed by atoms with van der Waals surface area (Å²) in [6.07, 6.45) is 2.79. The summed E-state index contributed by atoms with van der Waals surface area (Å²) >= 11 is 0. The largest absolute Gasteiger partial charge is 0.392 e. The van der Waals surface area contributed by atoms with Gasteiger partial charge in [0, 0.05) is 31.1 Å². The SMILES string of the molecule is CCc1c(C)nn(C)c1NC(=O)N1CCC2(CC1)c1ccccc1C[C@H]2O. The smallest absolute Gasteiger partial charge is 0.323 e. The molecule has 1 saturated heterocycles. The number of carbonyl (C=O) groups excluding carboxylic acids is 1. The third-order valence-electron chi connectivity index (χ3n) is 6.47. The molecule has 2 heterocycles. The number of aromatic nitrogens is 2. The van der Waals surface area contributed by atoms with Crippen LogP contribution >= 0.6 is 0 Å². The Hall–Kier alpha value is -2.34. The average molecular weight is 368 g/mol. The summed E-state index contributed by atoms with van der Waals surface area (Å²) in [5.74, 6) is 0.784. The molecule has 1 aromatic heterocycles. The molecule has 1 aliphatic carbocycles. The maximum atomic E-state index is 12.8. The average Bonchev–Trinajstić information content (AvgIpc) is 3.09. The molecule has 6 heteroatoms. The predicted molar refractivity (Wildman–Crippen MR) is 105 cm³/mol. The van der Waals surface area contributed by atoms with Crippen LogP contribution in [0.2, 0.25) is 0 Å². The molecule has 6 nitrogen and oxygen atoms in total. The fourth-order valence-electron chi connectivity index (χ4n) is 4.94. The lowest BCUT2D eigenvalue weighted by molar-refractivity contribution is 0.0530. The molecule has 2 N–H and O–H groups in total. The molecule has 144 valence electrons. The maximum Gasteiger partial charge on any atom is 0.323 e. The van der Waals surface area contributed by atoms with Gasteiger partial charge in [0.2, 0.25) is 0 Å². The van der Waals surface area contributed by atoms with E-state index in [9.17, 15) is 9.90 Å². The molecule has 4 rings (SSSR count). The Morgan fingerprint density at radius 1 is 1.33 bits per heavy atom. The van der Waals surface area contributed by atoms with Crippen molar-refractivity contribution in [3.63, 3.8) is 0 Å².